The van der Waals surface area contributed by atoms with E-state index in [9.17, 15) is 0 Å². The average Bonchev–Trinajstić information content (AvgIpc) is 2.39. The van der Waals surface area contributed by atoms with Crippen LogP contribution in [0, 0.1) is 17.8 Å². The molecular formula is C14H29N. The lowest BCUT2D eigenvalue weighted by atomic mass is 9.88. The van der Waals surface area contributed by atoms with Gasteiger partial charge in [-0.1, -0.05) is 40.5 Å². The molecule has 1 aliphatic rings. The van der Waals surface area contributed by atoms with Crippen LogP contribution in [-0.2, 0) is 0 Å². The fourth-order valence-electron chi connectivity index (χ4n) is 2.68. The molecule has 0 amide bonds. The quantitative estimate of drug-likeness (QED) is 0.697. The van der Waals surface area contributed by atoms with Crippen molar-refractivity contribution in [2.45, 2.75) is 65.8 Å². The second-order valence-corrected chi connectivity index (χ2v) is 5.94. The minimum absolute atomic E-state index is 0.647. The first kappa shape index (κ1) is 13.0. The molecule has 1 saturated carbocycles. The molecular weight excluding hydrogens is 182 g/mol. The van der Waals surface area contributed by atoms with Gasteiger partial charge in [0.05, 0.1) is 0 Å². The van der Waals surface area contributed by atoms with E-state index < -0.39 is 0 Å². The molecule has 0 aromatic heterocycles. The van der Waals surface area contributed by atoms with E-state index in [1.54, 1.807) is 0 Å². The fraction of sp³-hybridized carbons (Fsp3) is 1.00. The van der Waals surface area contributed by atoms with E-state index in [0.717, 1.165) is 17.8 Å². The summed E-state index contributed by atoms with van der Waals surface area (Å²) < 4.78 is 0. The maximum Gasteiger partial charge on any atom is 0.00104 e. The molecule has 1 heteroatoms. The minimum atomic E-state index is 0.647. The van der Waals surface area contributed by atoms with Gasteiger partial charge in [0, 0.05) is 6.04 Å². The Hall–Kier alpha value is -0.0400. The van der Waals surface area contributed by atoms with Crippen LogP contribution in [0.3, 0.4) is 0 Å². The van der Waals surface area contributed by atoms with E-state index in [2.05, 4.69) is 33.0 Å². The first-order chi connectivity index (χ1) is 7.09. The van der Waals surface area contributed by atoms with Crippen LogP contribution < -0.4 is 5.32 Å². The first-order valence-electron chi connectivity index (χ1n) is 6.83. The summed E-state index contributed by atoms with van der Waals surface area (Å²) >= 11 is 0. The maximum atomic E-state index is 3.59. The molecule has 0 spiro atoms. The van der Waals surface area contributed by atoms with Gasteiger partial charge in [0.15, 0.2) is 0 Å². The largest absolute Gasteiger partial charge is 0.314 e. The number of nitrogens with one attached hydrogen (secondary N) is 1. The van der Waals surface area contributed by atoms with Gasteiger partial charge in [-0.15, -0.1) is 0 Å². The molecule has 1 aliphatic carbocycles. The second-order valence-electron chi connectivity index (χ2n) is 5.94. The van der Waals surface area contributed by atoms with Gasteiger partial charge < -0.3 is 5.32 Å². The van der Waals surface area contributed by atoms with Crippen molar-refractivity contribution in [1.82, 2.24) is 5.32 Å². The van der Waals surface area contributed by atoms with Gasteiger partial charge in [0.25, 0.3) is 0 Å². The van der Waals surface area contributed by atoms with Crippen molar-refractivity contribution in [1.29, 1.82) is 0 Å². The van der Waals surface area contributed by atoms with Crippen LogP contribution >= 0.6 is 0 Å². The summed E-state index contributed by atoms with van der Waals surface area (Å²) in [4.78, 5) is 0. The summed E-state index contributed by atoms with van der Waals surface area (Å²) in [5, 5.41) is 3.59. The zero-order chi connectivity index (χ0) is 11.3. The van der Waals surface area contributed by atoms with E-state index in [4.69, 9.17) is 0 Å². The van der Waals surface area contributed by atoms with Crippen LogP contribution in [0.4, 0.5) is 0 Å². The van der Waals surface area contributed by atoms with Gasteiger partial charge in [-0.05, 0) is 43.6 Å². The predicted molar refractivity (Wildman–Crippen MR) is 68.0 cm³/mol. The van der Waals surface area contributed by atoms with E-state index in [1.165, 1.54) is 38.6 Å². The summed E-state index contributed by atoms with van der Waals surface area (Å²) in [7, 11) is 0. The van der Waals surface area contributed by atoms with Crippen LogP contribution in [0.1, 0.15) is 59.8 Å². The van der Waals surface area contributed by atoms with Gasteiger partial charge in [0.1, 0.15) is 0 Å². The van der Waals surface area contributed by atoms with Gasteiger partial charge in [-0.3, -0.25) is 0 Å². The molecule has 0 aromatic carbocycles. The summed E-state index contributed by atoms with van der Waals surface area (Å²) in [5.74, 6) is 2.83. The summed E-state index contributed by atoms with van der Waals surface area (Å²) in [6.07, 6.45) is 7.27. The molecule has 90 valence electrons. The Morgan fingerprint density at radius 3 is 2.33 bits per heavy atom. The molecule has 15 heavy (non-hydrogen) atoms. The zero-order valence-electron chi connectivity index (χ0n) is 11.1. The predicted octanol–water partition coefficient (Wildman–Crippen LogP) is 3.84. The highest BCUT2D eigenvalue weighted by molar-refractivity contribution is 4.74. The third-order valence-corrected chi connectivity index (χ3v) is 3.89. The highest BCUT2D eigenvalue weighted by Crippen LogP contribution is 2.31. The van der Waals surface area contributed by atoms with Crippen LogP contribution in [0.15, 0.2) is 0 Å². The number of rotatable bonds is 4. The minimum Gasteiger partial charge on any atom is -0.314 e. The van der Waals surface area contributed by atoms with Crippen molar-refractivity contribution in [2.75, 3.05) is 6.54 Å². The Balaban J connectivity index is 2.26. The normalized spacial score (nSPS) is 28.4. The van der Waals surface area contributed by atoms with E-state index in [1.807, 2.05) is 0 Å². The standard InChI is InChI=1S/C14H29N/c1-11(2)14-7-5-6-13(8-9-14)10-15-12(3)4/h11-15H,5-10H2,1-4H3. The molecule has 0 aromatic rings. The van der Waals surface area contributed by atoms with Crippen molar-refractivity contribution in [3.63, 3.8) is 0 Å². The molecule has 0 heterocycles. The molecule has 2 unspecified atom stereocenters. The average molecular weight is 211 g/mol. The molecule has 1 rings (SSSR count). The second kappa shape index (κ2) is 6.52. The van der Waals surface area contributed by atoms with Gasteiger partial charge in [-0.2, -0.15) is 0 Å². The molecule has 1 fully saturated rings. The van der Waals surface area contributed by atoms with Crippen molar-refractivity contribution in [2.24, 2.45) is 17.8 Å². The van der Waals surface area contributed by atoms with Crippen LogP contribution in [-0.4, -0.2) is 12.6 Å². The van der Waals surface area contributed by atoms with Crippen molar-refractivity contribution in [3.8, 4) is 0 Å². The topological polar surface area (TPSA) is 12.0 Å². The smallest absolute Gasteiger partial charge is 0.00104 e. The lowest BCUT2D eigenvalue weighted by Gasteiger charge is -2.19. The Morgan fingerprint density at radius 1 is 1.00 bits per heavy atom. The Morgan fingerprint density at radius 2 is 1.73 bits per heavy atom. The van der Waals surface area contributed by atoms with E-state index in [0.29, 0.717) is 6.04 Å². The van der Waals surface area contributed by atoms with Crippen LogP contribution in [0.2, 0.25) is 0 Å². The Labute approximate surface area is 96.0 Å². The molecule has 0 radical (unpaired) electrons. The third-order valence-electron chi connectivity index (χ3n) is 3.89. The molecule has 0 aliphatic heterocycles. The lowest BCUT2D eigenvalue weighted by molar-refractivity contribution is 0.333. The highest BCUT2D eigenvalue weighted by Gasteiger charge is 2.20. The molecule has 2 atom stereocenters. The summed E-state index contributed by atoms with van der Waals surface area (Å²) in [6.45, 7) is 10.5. The zero-order valence-corrected chi connectivity index (χ0v) is 11.1. The first-order valence-corrected chi connectivity index (χ1v) is 6.83. The monoisotopic (exact) mass is 211 g/mol. The molecule has 1 nitrogen and oxygen atoms in total. The third kappa shape index (κ3) is 5.01. The van der Waals surface area contributed by atoms with Crippen molar-refractivity contribution >= 4 is 0 Å². The van der Waals surface area contributed by atoms with Crippen molar-refractivity contribution < 1.29 is 0 Å². The van der Waals surface area contributed by atoms with Crippen LogP contribution in [0.25, 0.3) is 0 Å². The van der Waals surface area contributed by atoms with Gasteiger partial charge >= 0.3 is 0 Å². The molecule has 0 bridgehead atoms. The Kier molecular flexibility index (Phi) is 5.66. The van der Waals surface area contributed by atoms with Crippen molar-refractivity contribution in [3.05, 3.63) is 0 Å². The summed E-state index contributed by atoms with van der Waals surface area (Å²) in [6, 6.07) is 0.647. The summed E-state index contributed by atoms with van der Waals surface area (Å²) in [5.41, 5.74) is 0. The van der Waals surface area contributed by atoms with Crippen LogP contribution in [0.5, 0.6) is 0 Å². The van der Waals surface area contributed by atoms with Gasteiger partial charge in [0.2, 0.25) is 0 Å². The number of hydrogen-bond donors (Lipinski definition) is 1. The van der Waals surface area contributed by atoms with E-state index in [-0.39, 0.29) is 0 Å². The molecule has 0 saturated heterocycles. The highest BCUT2D eigenvalue weighted by atomic mass is 14.9. The SMILES string of the molecule is CC(C)NCC1CCCC(C(C)C)CC1. The van der Waals surface area contributed by atoms with E-state index >= 15 is 0 Å². The Bertz CT molecular complexity index is 163. The van der Waals surface area contributed by atoms with Gasteiger partial charge in [-0.25, -0.2) is 0 Å². The maximum absolute atomic E-state index is 3.59. The molecule has 1 N–H and O–H groups in total. The fourth-order valence-corrected chi connectivity index (χ4v) is 2.68. The lowest BCUT2D eigenvalue weighted by Crippen LogP contribution is -2.28. The number of hydrogen-bond acceptors (Lipinski definition) is 1.